The predicted octanol–water partition coefficient (Wildman–Crippen LogP) is 11.0. The van der Waals surface area contributed by atoms with E-state index in [1.807, 2.05) is 27.2 Å². The Morgan fingerprint density at radius 2 is 1.12 bits per heavy atom. The fourth-order valence-corrected chi connectivity index (χ4v) is 6.60. The molecule has 3 N–H and O–H groups in total. The van der Waals surface area contributed by atoms with Crippen LogP contribution in [0.5, 0.6) is 0 Å². The van der Waals surface area contributed by atoms with Crippen molar-refractivity contribution in [1.82, 2.24) is 5.32 Å². The third-order valence-electron chi connectivity index (χ3n) is 9.23. The summed E-state index contributed by atoms with van der Waals surface area (Å²) in [4.78, 5) is 23.0. The van der Waals surface area contributed by atoms with Gasteiger partial charge in [0.2, 0.25) is 5.91 Å². The zero-order chi connectivity index (χ0) is 37.2. The van der Waals surface area contributed by atoms with Crippen LogP contribution in [0.15, 0.2) is 24.3 Å². The lowest BCUT2D eigenvalue weighted by molar-refractivity contribution is -0.870. The summed E-state index contributed by atoms with van der Waals surface area (Å²) >= 11 is 0. The number of rotatable bonds is 37. The van der Waals surface area contributed by atoms with Crippen molar-refractivity contribution in [2.75, 3.05) is 40.9 Å². The van der Waals surface area contributed by atoms with Crippen molar-refractivity contribution >= 4 is 13.7 Å². The lowest BCUT2D eigenvalue weighted by Crippen LogP contribution is -2.45. The van der Waals surface area contributed by atoms with E-state index >= 15 is 0 Å². The molecule has 1 unspecified atom stereocenters. The fraction of sp³-hybridized carbons (Fsp3) is 0.878. The summed E-state index contributed by atoms with van der Waals surface area (Å²) in [5, 5.41) is 13.7. The van der Waals surface area contributed by atoms with Gasteiger partial charge in [0.1, 0.15) is 13.2 Å². The van der Waals surface area contributed by atoms with Crippen LogP contribution in [0.2, 0.25) is 0 Å². The third kappa shape index (κ3) is 35.4. The second-order valence-electron chi connectivity index (χ2n) is 15.4. The Balaban J connectivity index is 4.33. The van der Waals surface area contributed by atoms with Crippen LogP contribution in [-0.2, 0) is 18.4 Å². The number of unbranched alkanes of at least 4 members (excludes halogenated alkanes) is 23. The molecule has 0 fully saturated rings. The summed E-state index contributed by atoms with van der Waals surface area (Å²) in [5.41, 5.74) is 0. The molecule has 50 heavy (non-hydrogen) atoms. The molecular weight excluding hydrogens is 647 g/mol. The zero-order valence-electron chi connectivity index (χ0n) is 33.4. The number of aliphatic hydroxyl groups is 1. The third-order valence-corrected chi connectivity index (χ3v) is 10.2. The summed E-state index contributed by atoms with van der Waals surface area (Å²) in [7, 11) is 1.55. The van der Waals surface area contributed by atoms with Crippen molar-refractivity contribution in [1.29, 1.82) is 0 Å². The van der Waals surface area contributed by atoms with Crippen LogP contribution in [0.3, 0.4) is 0 Å². The highest BCUT2D eigenvalue weighted by molar-refractivity contribution is 7.47. The number of likely N-dealkylation sites (N-methyl/N-ethyl adjacent to an activating group) is 1. The molecule has 3 atom stereocenters. The molecule has 0 aromatic carbocycles. The number of nitrogens with one attached hydrogen (secondary N) is 1. The summed E-state index contributed by atoms with van der Waals surface area (Å²) in [5.74, 6) is -0.195. The first kappa shape index (κ1) is 49.0. The quantitative estimate of drug-likeness (QED) is 0.0254. The van der Waals surface area contributed by atoms with Gasteiger partial charge in [-0.15, -0.1) is 0 Å². The Kier molecular flexibility index (Phi) is 33.1. The number of aliphatic hydroxyl groups excluding tert-OH is 1. The van der Waals surface area contributed by atoms with E-state index in [0.717, 1.165) is 32.1 Å². The number of phosphoric ester groups is 1. The van der Waals surface area contributed by atoms with Crippen molar-refractivity contribution < 1.29 is 32.9 Å². The minimum Gasteiger partial charge on any atom is -0.387 e. The van der Waals surface area contributed by atoms with Crippen molar-refractivity contribution in [3.05, 3.63) is 24.3 Å². The number of quaternary nitrogens is 1. The number of carbonyl (C=O) groups excluding carboxylic acids is 1. The molecule has 0 heterocycles. The Labute approximate surface area is 309 Å². The molecule has 0 aliphatic rings. The van der Waals surface area contributed by atoms with Crippen LogP contribution < -0.4 is 5.32 Å². The molecule has 1 amide bonds. The largest absolute Gasteiger partial charge is 0.472 e. The average Bonchev–Trinajstić information content (AvgIpc) is 3.06. The predicted molar refractivity (Wildman–Crippen MR) is 212 cm³/mol. The monoisotopic (exact) mass is 730 g/mol. The molecule has 0 spiro atoms. The van der Waals surface area contributed by atoms with Gasteiger partial charge in [0.25, 0.3) is 0 Å². The van der Waals surface area contributed by atoms with Crippen LogP contribution in [0.1, 0.15) is 181 Å². The van der Waals surface area contributed by atoms with Gasteiger partial charge in [-0.25, -0.2) is 4.57 Å². The Morgan fingerprint density at radius 3 is 1.58 bits per heavy atom. The van der Waals surface area contributed by atoms with Gasteiger partial charge in [-0.1, -0.05) is 179 Å². The van der Waals surface area contributed by atoms with Gasteiger partial charge in [-0.05, 0) is 19.3 Å². The fourth-order valence-electron chi connectivity index (χ4n) is 5.86. The summed E-state index contributed by atoms with van der Waals surface area (Å²) < 4.78 is 23.4. The normalized spacial score (nSPS) is 14.8. The van der Waals surface area contributed by atoms with E-state index in [1.54, 1.807) is 12.2 Å². The molecule has 0 bridgehead atoms. The minimum atomic E-state index is -4.34. The van der Waals surface area contributed by atoms with Crippen molar-refractivity contribution in [3.63, 3.8) is 0 Å². The second-order valence-corrected chi connectivity index (χ2v) is 16.9. The van der Waals surface area contributed by atoms with E-state index in [2.05, 4.69) is 25.2 Å². The molecule has 0 saturated heterocycles. The van der Waals surface area contributed by atoms with Crippen molar-refractivity contribution in [3.8, 4) is 0 Å². The van der Waals surface area contributed by atoms with E-state index < -0.39 is 20.0 Å². The van der Waals surface area contributed by atoms with Gasteiger partial charge in [0, 0.05) is 6.42 Å². The number of hydrogen-bond acceptors (Lipinski definition) is 5. The number of allylic oxidation sites excluding steroid dienone is 3. The Bertz CT molecular complexity index is 876. The van der Waals surface area contributed by atoms with Crippen LogP contribution in [-0.4, -0.2) is 73.4 Å². The number of nitrogens with zero attached hydrogens (tertiary/aromatic N) is 1. The Morgan fingerprint density at radius 1 is 0.680 bits per heavy atom. The molecule has 0 saturated carbocycles. The lowest BCUT2D eigenvalue weighted by Gasteiger charge is -2.25. The molecule has 296 valence electrons. The Hall–Kier alpha value is -1.02. The molecule has 0 rings (SSSR count). The van der Waals surface area contributed by atoms with Gasteiger partial charge in [0.05, 0.1) is 39.9 Å². The minimum absolute atomic E-state index is 0.0550. The maximum atomic E-state index is 12.8. The summed E-state index contributed by atoms with van der Waals surface area (Å²) in [6.07, 6.45) is 38.4. The van der Waals surface area contributed by atoms with Crippen molar-refractivity contribution in [2.45, 2.75) is 193 Å². The average molecular weight is 730 g/mol. The number of hydrogen-bond donors (Lipinski definition) is 3. The maximum absolute atomic E-state index is 12.8. The van der Waals surface area contributed by atoms with E-state index in [0.29, 0.717) is 17.4 Å². The van der Waals surface area contributed by atoms with Gasteiger partial charge in [-0.2, -0.15) is 0 Å². The first-order valence-corrected chi connectivity index (χ1v) is 22.2. The first-order chi connectivity index (χ1) is 24.0. The van der Waals surface area contributed by atoms with Gasteiger partial charge in [0.15, 0.2) is 0 Å². The summed E-state index contributed by atoms with van der Waals surface area (Å²) in [6, 6.07) is -0.871. The van der Waals surface area contributed by atoms with Gasteiger partial charge in [-0.3, -0.25) is 13.8 Å². The van der Waals surface area contributed by atoms with Gasteiger partial charge >= 0.3 is 7.82 Å². The van der Waals surface area contributed by atoms with Gasteiger partial charge < -0.3 is 19.8 Å². The lowest BCUT2D eigenvalue weighted by atomic mass is 10.0. The van der Waals surface area contributed by atoms with Crippen LogP contribution in [0.4, 0.5) is 0 Å². The van der Waals surface area contributed by atoms with Crippen molar-refractivity contribution in [2.24, 2.45) is 0 Å². The second kappa shape index (κ2) is 33.8. The maximum Gasteiger partial charge on any atom is 0.472 e. The van der Waals surface area contributed by atoms with E-state index in [4.69, 9.17) is 9.05 Å². The number of phosphoric acid groups is 1. The molecule has 0 aromatic rings. The highest BCUT2D eigenvalue weighted by atomic mass is 31.2. The van der Waals surface area contributed by atoms with Crippen LogP contribution >= 0.6 is 7.82 Å². The van der Waals surface area contributed by atoms with E-state index in [-0.39, 0.29) is 19.1 Å². The molecule has 8 nitrogen and oxygen atoms in total. The van der Waals surface area contributed by atoms with Crippen LogP contribution in [0, 0.1) is 0 Å². The smallest absolute Gasteiger partial charge is 0.387 e. The highest BCUT2D eigenvalue weighted by Crippen LogP contribution is 2.43. The molecular formula is C41H82N2O6P+. The molecule has 0 radical (unpaired) electrons. The zero-order valence-corrected chi connectivity index (χ0v) is 34.3. The van der Waals surface area contributed by atoms with Crippen LogP contribution in [0.25, 0.3) is 0 Å². The number of carbonyl (C=O) groups is 1. The first-order valence-electron chi connectivity index (χ1n) is 20.7. The van der Waals surface area contributed by atoms with E-state index in [1.165, 1.54) is 128 Å². The molecule has 0 aromatic heterocycles. The standard InChI is InChI=1S/C41H81N2O6P/c1-6-8-10-12-14-16-17-18-19-20-21-22-23-24-25-27-29-31-33-35-41(45)42-39(38-49-50(46,47)48-37-36-43(3,4)5)40(44)34-32-30-28-26-15-13-11-9-7-2/h28,30,32,34,39-40,44H,6-27,29,31,33,35-38H2,1-5H3,(H-,42,45,46,47)/p+1/b30-28+,34-32+/t39-,40+/m0/s1. The highest BCUT2D eigenvalue weighted by Gasteiger charge is 2.27. The summed E-state index contributed by atoms with van der Waals surface area (Å²) in [6.45, 7) is 4.73. The number of amides is 1. The SMILES string of the molecule is CCCCCCC/C=C/C=C/[C@@H](O)[C@H](COP(=O)(O)OCC[N+](C)(C)C)NC(=O)CCCCCCCCCCCCCCCCCCCCC. The topological polar surface area (TPSA) is 105 Å². The molecule has 0 aliphatic heterocycles. The molecule has 0 aliphatic carbocycles. The van der Waals surface area contributed by atoms with E-state index in [9.17, 15) is 19.4 Å². The molecule has 9 heteroatoms.